The van der Waals surface area contributed by atoms with E-state index in [0.717, 1.165) is 29.3 Å². The van der Waals surface area contributed by atoms with Crippen molar-refractivity contribution in [2.75, 3.05) is 18.5 Å². The maximum absolute atomic E-state index is 12.7. The largest absolute Gasteiger partial charge is 0.456 e. The van der Waals surface area contributed by atoms with Gasteiger partial charge < -0.3 is 10.1 Å². The molecule has 0 heterocycles. The highest BCUT2D eigenvalue weighted by molar-refractivity contribution is 7.89. The van der Waals surface area contributed by atoms with Crippen LogP contribution in [0.5, 0.6) is 0 Å². The molecule has 2 rings (SSSR count). The molecule has 31 heavy (non-hydrogen) atoms. The van der Waals surface area contributed by atoms with Gasteiger partial charge in [0.05, 0.1) is 16.9 Å². The summed E-state index contributed by atoms with van der Waals surface area (Å²) < 4.78 is 69.3. The van der Waals surface area contributed by atoms with Crippen molar-refractivity contribution in [2.45, 2.75) is 31.3 Å². The molecule has 0 spiro atoms. The molecular formula is C20H21F3N2O5S. The number of carbonyl (C=O) groups excluding carboxylic acids is 2. The van der Waals surface area contributed by atoms with Crippen LogP contribution < -0.4 is 10.0 Å². The van der Waals surface area contributed by atoms with E-state index < -0.39 is 58.1 Å². The number of esters is 1. The third kappa shape index (κ3) is 7.68. The molecule has 0 fully saturated rings. The molecule has 0 aromatic heterocycles. The molecule has 2 aromatic rings. The molecule has 0 saturated heterocycles. The van der Waals surface area contributed by atoms with Gasteiger partial charge in [-0.3, -0.25) is 9.59 Å². The van der Waals surface area contributed by atoms with Crippen molar-refractivity contribution in [1.29, 1.82) is 0 Å². The number of ether oxygens (including phenoxy) is 1. The Balaban J connectivity index is 1.81. The fraction of sp³-hybridized carbons (Fsp3) is 0.300. The van der Waals surface area contributed by atoms with Crippen molar-refractivity contribution in [3.8, 4) is 0 Å². The van der Waals surface area contributed by atoms with Gasteiger partial charge in [0.15, 0.2) is 6.61 Å². The van der Waals surface area contributed by atoms with Gasteiger partial charge in [-0.25, -0.2) is 13.1 Å². The second-order valence-electron chi connectivity index (χ2n) is 6.76. The van der Waals surface area contributed by atoms with E-state index in [2.05, 4.69) is 5.32 Å². The third-order valence-corrected chi connectivity index (χ3v) is 5.42. The molecule has 0 bridgehead atoms. The lowest BCUT2D eigenvalue weighted by molar-refractivity contribution is -0.147. The molecule has 1 amide bonds. The number of alkyl halides is 3. The Bertz CT molecular complexity index is 1050. The summed E-state index contributed by atoms with van der Waals surface area (Å²) in [6, 6.07) is 8.64. The average molecular weight is 458 g/mol. The van der Waals surface area contributed by atoms with Crippen molar-refractivity contribution in [2.24, 2.45) is 0 Å². The van der Waals surface area contributed by atoms with Crippen LogP contribution in [0.3, 0.4) is 0 Å². The summed E-state index contributed by atoms with van der Waals surface area (Å²) >= 11 is 0. The first-order chi connectivity index (χ1) is 14.4. The van der Waals surface area contributed by atoms with Crippen LogP contribution >= 0.6 is 0 Å². The van der Waals surface area contributed by atoms with E-state index in [1.165, 1.54) is 0 Å². The van der Waals surface area contributed by atoms with Gasteiger partial charge in [0.1, 0.15) is 0 Å². The van der Waals surface area contributed by atoms with Crippen LogP contribution in [0.25, 0.3) is 0 Å². The highest BCUT2D eigenvalue weighted by Crippen LogP contribution is 2.30. The van der Waals surface area contributed by atoms with E-state index in [9.17, 15) is 31.2 Å². The summed E-state index contributed by atoms with van der Waals surface area (Å²) in [5.74, 6) is -1.41. The molecule has 7 nitrogen and oxygen atoms in total. The number of hydrogen-bond donors (Lipinski definition) is 2. The molecule has 2 aromatic carbocycles. The number of hydrogen-bond acceptors (Lipinski definition) is 5. The van der Waals surface area contributed by atoms with E-state index in [0.29, 0.717) is 11.8 Å². The first-order valence-electron chi connectivity index (χ1n) is 9.07. The molecule has 0 saturated carbocycles. The number of nitrogens with one attached hydrogen (secondary N) is 2. The summed E-state index contributed by atoms with van der Waals surface area (Å²) in [6.45, 7) is 2.76. The molecule has 168 valence electrons. The second-order valence-corrected chi connectivity index (χ2v) is 8.53. The molecule has 11 heteroatoms. The Morgan fingerprint density at radius 2 is 1.68 bits per heavy atom. The molecule has 0 radical (unpaired) electrons. The molecule has 2 N–H and O–H groups in total. The number of anilines is 1. The quantitative estimate of drug-likeness (QED) is 0.592. The number of sulfonamides is 1. The lowest BCUT2D eigenvalue weighted by atomic mass is 10.1. The monoisotopic (exact) mass is 458 g/mol. The summed E-state index contributed by atoms with van der Waals surface area (Å²) in [7, 11) is -4.26. The average Bonchev–Trinajstić information content (AvgIpc) is 2.65. The van der Waals surface area contributed by atoms with Gasteiger partial charge in [-0.15, -0.1) is 0 Å². The van der Waals surface area contributed by atoms with Crippen molar-refractivity contribution in [3.63, 3.8) is 0 Å². The summed E-state index contributed by atoms with van der Waals surface area (Å²) in [5.41, 5.74) is 1.33. The van der Waals surface area contributed by atoms with Gasteiger partial charge in [0.25, 0.3) is 5.91 Å². The third-order valence-electron chi connectivity index (χ3n) is 3.96. The predicted octanol–water partition coefficient (Wildman–Crippen LogP) is 3.17. The number of aryl methyl sites for hydroxylation is 2. The SMILES string of the molecule is Cc1cc(C)cc(NC(=O)COC(=O)CCNS(=O)(=O)c2cccc(C(F)(F)F)c2)c1. The Labute approximate surface area is 177 Å². The van der Waals surface area contributed by atoms with Gasteiger partial charge in [-0.05, 0) is 55.3 Å². The molecule has 0 atom stereocenters. The lowest BCUT2D eigenvalue weighted by Gasteiger charge is -2.10. The van der Waals surface area contributed by atoms with Gasteiger partial charge in [-0.2, -0.15) is 13.2 Å². The van der Waals surface area contributed by atoms with Gasteiger partial charge in [0.2, 0.25) is 10.0 Å². The fourth-order valence-electron chi connectivity index (χ4n) is 2.67. The van der Waals surface area contributed by atoms with E-state index in [4.69, 9.17) is 4.74 Å². The highest BCUT2D eigenvalue weighted by Gasteiger charge is 2.31. The van der Waals surface area contributed by atoms with Crippen molar-refractivity contribution in [1.82, 2.24) is 4.72 Å². The number of carbonyl (C=O) groups is 2. The zero-order valence-corrected chi connectivity index (χ0v) is 17.6. The van der Waals surface area contributed by atoms with Crippen LogP contribution in [-0.2, 0) is 30.5 Å². The lowest BCUT2D eigenvalue weighted by Crippen LogP contribution is -2.28. The van der Waals surface area contributed by atoms with Crippen molar-refractivity contribution in [3.05, 3.63) is 59.2 Å². The number of halogens is 3. The van der Waals surface area contributed by atoms with Crippen LogP contribution in [0.4, 0.5) is 18.9 Å². The first-order valence-corrected chi connectivity index (χ1v) is 10.6. The molecule has 0 aliphatic carbocycles. The maximum atomic E-state index is 12.7. The van der Waals surface area contributed by atoms with Crippen molar-refractivity contribution >= 4 is 27.6 Å². The molecule has 0 aliphatic heterocycles. The number of amides is 1. The summed E-state index contributed by atoms with van der Waals surface area (Å²) in [4.78, 5) is 23.0. The van der Waals surface area contributed by atoms with E-state index in [1.807, 2.05) is 24.6 Å². The Kier molecular flexibility index (Phi) is 7.80. The normalized spacial score (nSPS) is 11.8. The Hall–Kier alpha value is -2.92. The van der Waals surface area contributed by atoms with Crippen LogP contribution in [0.2, 0.25) is 0 Å². The topological polar surface area (TPSA) is 102 Å². The summed E-state index contributed by atoms with van der Waals surface area (Å²) in [5, 5.41) is 2.58. The number of rotatable bonds is 8. The zero-order valence-electron chi connectivity index (χ0n) is 16.7. The maximum Gasteiger partial charge on any atom is 0.416 e. The molecular weight excluding hydrogens is 437 g/mol. The van der Waals surface area contributed by atoms with Crippen LogP contribution in [-0.4, -0.2) is 33.4 Å². The van der Waals surface area contributed by atoms with E-state index in [-0.39, 0.29) is 0 Å². The fourth-order valence-corrected chi connectivity index (χ4v) is 3.75. The Morgan fingerprint density at radius 1 is 1.03 bits per heavy atom. The minimum Gasteiger partial charge on any atom is -0.456 e. The van der Waals surface area contributed by atoms with Crippen LogP contribution in [0, 0.1) is 13.8 Å². The minimum atomic E-state index is -4.69. The highest BCUT2D eigenvalue weighted by atomic mass is 32.2. The van der Waals surface area contributed by atoms with E-state index >= 15 is 0 Å². The minimum absolute atomic E-state index is 0.407. The van der Waals surface area contributed by atoms with Crippen LogP contribution in [0.15, 0.2) is 47.4 Å². The Morgan fingerprint density at radius 3 is 2.29 bits per heavy atom. The first kappa shape index (κ1) is 24.4. The van der Waals surface area contributed by atoms with Crippen molar-refractivity contribution < 1.29 is 35.9 Å². The van der Waals surface area contributed by atoms with Crippen LogP contribution in [0.1, 0.15) is 23.1 Å². The van der Waals surface area contributed by atoms with E-state index in [1.54, 1.807) is 12.1 Å². The predicted molar refractivity (Wildman–Crippen MR) is 107 cm³/mol. The zero-order chi connectivity index (χ0) is 23.2. The standard InChI is InChI=1S/C20H21F3N2O5S/c1-13-8-14(2)10-16(9-13)25-18(26)12-30-19(27)6-7-24-31(28,29)17-5-3-4-15(11-17)20(21,22)23/h3-5,8-11,24H,6-7,12H2,1-2H3,(H,25,26). The van der Waals surface area contributed by atoms with Gasteiger partial charge in [0, 0.05) is 12.2 Å². The molecule has 0 aliphatic rings. The number of benzene rings is 2. The van der Waals surface area contributed by atoms with Gasteiger partial charge in [-0.1, -0.05) is 12.1 Å². The molecule has 0 unspecified atom stereocenters. The van der Waals surface area contributed by atoms with Gasteiger partial charge >= 0.3 is 12.1 Å². The smallest absolute Gasteiger partial charge is 0.416 e. The second kappa shape index (κ2) is 9.92. The summed E-state index contributed by atoms with van der Waals surface area (Å²) in [6.07, 6.45) is -5.10.